The van der Waals surface area contributed by atoms with Gasteiger partial charge in [-0.3, -0.25) is 4.79 Å². The molecule has 0 aliphatic rings. The van der Waals surface area contributed by atoms with Crippen LogP contribution in [0, 0.1) is 0 Å². The van der Waals surface area contributed by atoms with Gasteiger partial charge >= 0.3 is 0 Å². The van der Waals surface area contributed by atoms with Crippen molar-refractivity contribution >= 4 is 6.29 Å². The van der Waals surface area contributed by atoms with Crippen molar-refractivity contribution in [1.82, 2.24) is 0 Å². The van der Waals surface area contributed by atoms with Gasteiger partial charge in [0.1, 0.15) is 5.75 Å². The molecule has 2 nitrogen and oxygen atoms in total. The normalized spacial score (nSPS) is 12.1. The number of hydrogen-bond donors (Lipinski definition) is 0. The van der Waals surface area contributed by atoms with Crippen molar-refractivity contribution in [2.45, 2.75) is 52.1 Å². The molecule has 1 unspecified atom stereocenters. The van der Waals surface area contributed by atoms with E-state index in [1.165, 1.54) is 25.7 Å². The van der Waals surface area contributed by atoms with Crippen LogP contribution in [-0.4, -0.2) is 12.4 Å². The van der Waals surface area contributed by atoms with Crippen molar-refractivity contribution in [3.63, 3.8) is 0 Å². The van der Waals surface area contributed by atoms with E-state index in [4.69, 9.17) is 4.74 Å². The largest absolute Gasteiger partial charge is 0.490 e. The number of hydrogen-bond acceptors (Lipinski definition) is 2. The Morgan fingerprint density at radius 3 is 2.71 bits per heavy atom. The lowest BCUT2D eigenvalue weighted by atomic mass is 10.1. The van der Waals surface area contributed by atoms with Gasteiger partial charge in [0.25, 0.3) is 0 Å². The van der Waals surface area contributed by atoms with Gasteiger partial charge in [-0.2, -0.15) is 0 Å². The average molecular weight is 234 g/mol. The van der Waals surface area contributed by atoms with Crippen molar-refractivity contribution in [2.24, 2.45) is 0 Å². The molecular formula is C15H22O2. The molecule has 0 spiro atoms. The molecule has 0 aliphatic carbocycles. The Balaban J connectivity index is 2.39. The Morgan fingerprint density at radius 1 is 1.24 bits per heavy atom. The number of unbranched alkanes of at least 4 members (excludes halogenated alkanes) is 3. The summed E-state index contributed by atoms with van der Waals surface area (Å²) in [5.74, 6) is 0.700. The van der Waals surface area contributed by atoms with Gasteiger partial charge in [0.15, 0.2) is 6.29 Å². The van der Waals surface area contributed by atoms with E-state index in [0.717, 1.165) is 12.7 Å². The van der Waals surface area contributed by atoms with Crippen molar-refractivity contribution in [3.05, 3.63) is 29.8 Å². The first-order chi connectivity index (χ1) is 8.27. The molecule has 2 heteroatoms. The molecule has 94 valence electrons. The predicted octanol–water partition coefficient (Wildman–Crippen LogP) is 4.24. The molecule has 0 amide bonds. The van der Waals surface area contributed by atoms with Gasteiger partial charge in [0.2, 0.25) is 0 Å². The van der Waals surface area contributed by atoms with Crippen LogP contribution in [0.4, 0.5) is 0 Å². The molecule has 1 aromatic rings. The van der Waals surface area contributed by atoms with Crippen LogP contribution in [0.3, 0.4) is 0 Å². The highest BCUT2D eigenvalue weighted by atomic mass is 16.5. The van der Waals surface area contributed by atoms with E-state index in [2.05, 4.69) is 13.8 Å². The monoisotopic (exact) mass is 234 g/mol. The molecule has 0 bridgehead atoms. The van der Waals surface area contributed by atoms with E-state index in [1.54, 1.807) is 6.07 Å². The maximum Gasteiger partial charge on any atom is 0.153 e. The van der Waals surface area contributed by atoms with Gasteiger partial charge < -0.3 is 4.74 Å². The van der Waals surface area contributed by atoms with Crippen molar-refractivity contribution in [1.29, 1.82) is 0 Å². The van der Waals surface area contributed by atoms with Crippen LogP contribution < -0.4 is 4.74 Å². The van der Waals surface area contributed by atoms with Crippen LogP contribution in [0.1, 0.15) is 56.3 Å². The maximum atomic E-state index is 10.8. The summed E-state index contributed by atoms with van der Waals surface area (Å²) in [6.07, 6.45) is 7.07. The fourth-order valence-electron chi connectivity index (χ4n) is 1.82. The second-order valence-electron chi connectivity index (χ2n) is 4.43. The van der Waals surface area contributed by atoms with Crippen LogP contribution >= 0.6 is 0 Å². The first kappa shape index (κ1) is 13.8. The van der Waals surface area contributed by atoms with Gasteiger partial charge in [0, 0.05) is 0 Å². The highest BCUT2D eigenvalue weighted by Crippen LogP contribution is 2.19. The Labute approximate surface area is 104 Å². The molecule has 0 saturated carbocycles. The minimum absolute atomic E-state index is 0.174. The highest BCUT2D eigenvalue weighted by Gasteiger charge is 2.07. The molecular weight excluding hydrogens is 212 g/mol. The molecule has 1 atom stereocenters. The van der Waals surface area contributed by atoms with Crippen molar-refractivity contribution < 1.29 is 9.53 Å². The van der Waals surface area contributed by atoms with Gasteiger partial charge in [-0.25, -0.2) is 0 Å². The Kier molecular flexibility index (Phi) is 6.38. The number of para-hydroxylation sites is 1. The summed E-state index contributed by atoms with van der Waals surface area (Å²) in [6, 6.07) is 7.38. The van der Waals surface area contributed by atoms with E-state index >= 15 is 0 Å². The zero-order chi connectivity index (χ0) is 12.5. The van der Waals surface area contributed by atoms with Crippen molar-refractivity contribution in [2.75, 3.05) is 0 Å². The summed E-state index contributed by atoms with van der Waals surface area (Å²) < 4.78 is 5.79. The quantitative estimate of drug-likeness (QED) is 0.497. The molecule has 0 fully saturated rings. The SMILES string of the molecule is CCCCCCC(C)Oc1ccccc1C=O. The van der Waals surface area contributed by atoms with E-state index in [-0.39, 0.29) is 6.10 Å². The highest BCUT2D eigenvalue weighted by molar-refractivity contribution is 5.79. The fourth-order valence-corrected chi connectivity index (χ4v) is 1.82. The molecule has 0 radical (unpaired) electrons. The lowest BCUT2D eigenvalue weighted by Gasteiger charge is -2.15. The van der Waals surface area contributed by atoms with Gasteiger partial charge in [0.05, 0.1) is 11.7 Å². The zero-order valence-corrected chi connectivity index (χ0v) is 10.8. The predicted molar refractivity (Wildman–Crippen MR) is 70.7 cm³/mol. The number of benzene rings is 1. The van der Waals surface area contributed by atoms with E-state index in [0.29, 0.717) is 11.3 Å². The molecule has 17 heavy (non-hydrogen) atoms. The third-order valence-corrected chi connectivity index (χ3v) is 2.84. The number of carbonyl (C=O) groups is 1. The fraction of sp³-hybridized carbons (Fsp3) is 0.533. The number of rotatable bonds is 8. The Bertz CT molecular complexity index is 333. The summed E-state index contributed by atoms with van der Waals surface area (Å²) >= 11 is 0. The standard InChI is InChI=1S/C15H22O2/c1-3-4-5-6-9-13(2)17-15-11-8-7-10-14(15)12-16/h7-8,10-13H,3-6,9H2,1-2H3. The van der Waals surface area contributed by atoms with Gasteiger partial charge in [-0.1, -0.05) is 38.3 Å². The minimum atomic E-state index is 0.174. The molecule has 0 N–H and O–H groups in total. The zero-order valence-electron chi connectivity index (χ0n) is 10.8. The van der Waals surface area contributed by atoms with Crippen LogP contribution in [0.15, 0.2) is 24.3 Å². The second-order valence-corrected chi connectivity index (χ2v) is 4.43. The van der Waals surface area contributed by atoms with Gasteiger partial charge in [-0.05, 0) is 31.9 Å². The lowest BCUT2D eigenvalue weighted by Crippen LogP contribution is -2.12. The molecule has 1 rings (SSSR count). The summed E-state index contributed by atoms with van der Waals surface area (Å²) in [5, 5.41) is 0. The summed E-state index contributed by atoms with van der Waals surface area (Å²) in [6.45, 7) is 4.27. The minimum Gasteiger partial charge on any atom is -0.490 e. The van der Waals surface area contributed by atoms with E-state index in [1.807, 2.05) is 18.2 Å². The Hall–Kier alpha value is -1.31. The van der Waals surface area contributed by atoms with Gasteiger partial charge in [-0.15, -0.1) is 0 Å². The van der Waals surface area contributed by atoms with Crippen LogP contribution in [0.2, 0.25) is 0 Å². The van der Waals surface area contributed by atoms with Crippen LogP contribution in [0.25, 0.3) is 0 Å². The second kappa shape index (κ2) is 7.88. The van der Waals surface area contributed by atoms with E-state index < -0.39 is 0 Å². The molecule has 0 aromatic heterocycles. The molecule has 0 saturated heterocycles. The summed E-state index contributed by atoms with van der Waals surface area (Å²) in [4.78, 5) is 10.8. The first-order valence-electron chi connectivity index (χ1n) is 6.48. The summed E-state index contributed by atoms with van der Waals surface area (Å²) in [5.41, 5.74) is 0.632. The smallest absolute Gasteiger partial charge is 0.153 e. The molecule has 0 heterocycles. The van der Waals surface area contributed by atoms with Crippen molar-refractivity contribution in [3.8, 4) is 5.75 Å². The molecule has 1 aromatic carbocycles. The van der Waals surface area contributed by atoms with Crippen LogP contribution in [0.5, 0.6) is 5.75 Å². The maximum absolute atomic E-state index is 10.8. The summed E-state index contributed by atoms with van der Waals surface area (Å²) in [7, 11) is 0. The van der Waals surface area contributed by atoms with E-state index in [9.17, 15) is 4.79 Å². The van der Waals surface area contributed by atoms with Crippen LogP contribution in [-0.2, 0) is 0 Å². The molecule has 0 aliphatic heterocycles. The third-order valence-electron chi connectivity index (χ3n) is 2.84. The number of carbonyl (C=O) groups excluding carboxylic acids is 1. The Morgan fingerprint density at radius 2 is 2.00 bits per heavy atom. The number of ether oxygens (including phenoxy) is 1. The topological polar surface area (TPSA) is 26.3 Å². The lowest BCUT2D eigenvalue weighted by molar-refractivity contribution is 0.111. The number of aldehydes is 1. The first-order valence-corrected chi connectivity index (χ1v) is 6.48. The average Bonchev–Trinajstić information content (AvgIpc) is 2.35. The third kappa shape index (κ3) is 5.03.